The topological polar surface area (TPSA) is 42.7 Å². The first-order chi connectivity index (χ1) is 13.9. The van der Waals surface area contributed by atoms with Gasteiger partial charge in [0.1, 0.15) is 17.5 Å². The number of benzene rings is 2. The average molecular weight is 431 g/mol. The lowest BCUT2D eigenvalue weighted by Crippen LogP contribution is -2.04. The van der Waals surface area contributed by atoms with Gasteiger partial charge in [0.05, 0.1) is 33.9 Å². The predicted octanol–water partition coefficient (Wildman–Crippen LogP) is 6.57. The molecule has 0 amide bonds. The second kappa shape index (κ2) is 7.81. The molecule has 4 aromatic rings. The summed E-state index contributed by atoms with van der Waals surface area (Å²) in [6.07, 6.45) is 3.27. The largest absolute Gasteiger partial charge is 0.338 e. The normalized spacial score (nSPS) is 10.9. The van der Waals surface area contributed by atoms with Crippen LogP contribution in [0.4, 0.5) is 20.3 Å². The summed E-state index contributed by atoms with van der Waals surface area (Å²) in [6, 6.07) is 12.0. The highest BCUT2D eigenvalue weighted by atomic mass is 35.5. The molecule has 0 bridgehead atoms. The van der Waals surface area contributed by atoms with Crippen molar-refractivity contribution in [1.29, 1.82) is 0 Å². The number of halogens is 4. The fourth-order valence-corrected chi connectivity index (χ4v) is 3.55. The Hall–Kier alpha value is -2.96. The first kappa shape index (κ1) is 19.4. The molecule has 29 heavy (non-hydrogen) atoms. The van der Waals surface area contributed by atoms with Crippen LogP contribution < -0.4 is 5.32 Å². The maximum absolute atomic E-state index is 14.6. The smallest absolute Gasteiger partial charge is 0.142 e. The van der Waals surface area contributed by atoms with E-state index in [1.807, 2.05) is 6.07 Å². The van der Waals surface area contributed by atoms with Gasteiger partial charge in [-0.25, -0.2) is 13.5 Å². The van der Waals surface area contributed by atoms with Crippen LogP contribution in [0.25, 0.3) is 16.8 Å². The number of rotatable bonds is 4. The van der Waals surface area contributed by atoms with Gasteiger partial charge in [0.15, 0.2) is 0 Å². The van der Waals surface area contributed by atoms with Gasteiger partial charge in [0, 0.05) is 22.8 Å². The predicted molar refractivity (Wildman–Crippen MR) is 111 cm³/mol. The van der Waals surface area contributed by atoms with Crippen molar-refractivity contribution in [3.8, 4) is 16.8 Å². The lowest BCUT2D eigenvalue weighted by atomic mass is 10.0. The Balaban J connectivity index is 1.96. The van der Waals surface area contributed by atoms with Crippen molar-refractivity contribution in [1.82, 2.24) is 14.8 Å². The van der Waals surface area contributed by atoms with Crippen LogP contribution in [0.3, 0.4) is 0 Å². The Morgan fingerprint density at radius 2 is 1.86 bits per heavy atom. The van der Waals surface area contributed by atoms with Gasteiger partial charge < -0.3 is 5.32 Å². The molecule has 0 fully saturated rings. The Bertz CT molecular complexity index is 1190. The second-order valence-corrected chi connectivity index (χ2v) is 7.15. The molecule has 0 aliphatic rings. The number of hydrogen-bond donors (Lipinski definition) is 1. The van der Waals surface area contributed by atoms with E-state index in [1.165, 1.54) is 12.1 Å². The molecule has 146 valence electrons. The van der Waals surface area contributed by atoms with E-state index in [1.54, 1.807) is 48.3 Å². The fourth-order valence-electron chi connectivity index (χ4n) is 3.06. The van der Waals surface area contributed by atoms with Crippen LogP contribution in [0.5, 0.6) is 0 Å². The van der Waals surface area contributed by atoms with Crippen molar-refractivity contribution in [2.75, 3.05) is 5.32 Å². The van der Waals surface area contributed by atoms with Crippen LogP contribution in [0.15, 0.2) is 60.9 Å². The number of nitrogens with zero attached hydrogens (tertiary/aromatic N) is 3. The van der Waals surface area contributed by atoms with Crippen LogP contribution in [0.2, 0.25) is 10.0 Å². The summed E-state index contributed by atoms with van der Waals surface area (Å²) in [6.45, 7) is 1.74. The number of nitrogens with one attached hydrogen (secondary N) is 1. The van der Waals surface area contributed by atoms with Crippen molar-refractivity contribution < 1.29 is 8.78 Å². The maximum Gasteiger partial charge on any atom is 0.142 e. The molecule has 2 aromatic carbocycles. The van der Waals surface area contributed by atoms with Crippen molar-refractivity contribution in [3.63, 3.8) is 0 Å². The summed E-state index contributed by atoms with van der Waals surface area (Å²) in [5.74, 6) is -0.881. The summed E-state index contributed by atoms with van der Waals surface area (Å²) < 4.78 is 29.6. The Morgan fingerprint density at radius 3 is 2.55 bits per heavy atom. The van der Waals surface area contributed by atoms with E-state index in [2.05, 4.69) is 15.4 Å². The monoisotopic (exact) mass is 430 g/mol. The van der Waals surface area contributed by atoms with E-state index < -0.39 is 11.6 Å². The number of hydrogen-bond acceptors (Lipinski definition) is 3. The van der Waals surface area contributed by atoms with Crippen molar-refractivity contribution >= 4 is 34.7 Å². The molecule has 0 atom stereocenters. The summed E-state index contributed by atoms with van der Waals surface area (Å²) >= 11 is 12.4. The van der Waals surface area contributed by atoms with Crippen molar-refractivity contribution in [3.05, 3.63) is 88.3 Å². The van der Waals surface area contributed by atoms with E-state index in [9.17, 15) is 8.78 Å². The lowest BCUT2D eigenvalue weighted by Gasteiger charge is -2.14. The quantitative estimate of drug-likeness (QED) is 0.397. The average Bonchev–Trinajstić information content (AvgIpc) is 2.98. The molecule has 0 radical (unpaired) electrons. The minimum Gasteiger partial charge on any atom is -0.338 e. The molecular formula is C21H14Cl2F2N4. The Labute approximate surface area is 175 Å². The maximum atomic E-state index is 14.6. The highest BCUT2D eigenvalue weighted by Crippen LogP contribution is 2.38. The molecule has 0 saturated heterocycles. The lowest BCUT2D eigenvalue weighted by molar-refractivity contribution is 0.585. The molecule has 4 rings (SSSR count). The molecule has 0 saturated carbocycles. The second-order valence-electron chi connectivity index (χ2n) is 6.31. The number of pyridine rings is 1. The third-order valence-electron chi connectivity index (χ3n) is 4.32. The third kappa shape index (κ3) is 3.81. The molecule has 0 spiro atoms. The fraction of sp³-hybridized carbons (Fsp3) is 0.0476. The molecule has 2 aromatic heterocycles. The van der Waals surface area contributed by atoms with Crippen LogP contribution in [0.1, 0.15) is 5.69 Å². The Morgan fingerprint density at radius 1 is 1.03 bits per heavy atom. The molecule has 0 aliphatic carbocycles. The Kier molecular flexibility index (Phi) is 5.22. The molecular weight excluding hydrogens is 417 g/mol. The highest BCUT2D eigenvalue weighted by molar-refractivity contribution is 6.35. The molecule has 0 unspecified atom stereocenters. The third-order valence-corrected chi connectivity index (χ3v) is 4.86. The zero-order chi connectivity index (χ0) is 20.5. The van der Waals surface area contributed by atoms with Crippen LogP contribution in [-0.4, -0.2) is 14.8 Å². The van der Waals surface area contributed by atoms with E-state index in [4.69, 9.17) is 23.2 Å². The molecule has 8 heteroatoms. The van der Waals surface area contributed by atoms with Gasteiger partial charge in [-0.15, -0.1) is 0 Å². The molecule has 0 aliphatic heterocycles. The first-order valence-corrected chi connectivity index (χ1v) is 9.37. The zero-order valence-corrected chi connectivity index (χ0v) is 16.6. The zero-order valence-electron chi connectivity index (χ0n) is 15.1. The number of aryl methyl sites for hydroxylation is 1. The summed E-state index contributed by atoms with van der Waals surface area (Å²) in [5, 5.41) is 8.64. The van der Waals surface area contributed by atoms with Crippen molar-refractivity contribution in [2.45, 2.75) is 6.92 Å². The number of anilines is 2. The van der Waals surface area contributed by atoms with E-state index >= 15 is 0 Å². The van der Waals surface area contributed by atoms with E-state index in [-0.39, 0.29) is 5.56 Å². The summed E-state index contributed by atoms with van der Waals surface area (Å²) in [7, 11) is 0. The number of aromatic nitrogens is 3. The highest BCUT2D eigenvalue weighted by Gasteiger charge is 2.22. The van der Waals surface area contributed by atoms with Gasteiger partial charge in [-0.1, -0.05) is 23.2 Å². The molecule has 4 nitrogen and oxygen atoms in total. The first-order valence-electron chi connectivity index (χ1n) is 8.61. The van der Waals surface area contributed by atoms with Crippen LogP contribution >= 0.6 is 23.2 Å². The van der Waals surface area contributed by atoms with Gasteiger partial charge in [-0.3, -0.25) is 4.98 Å². The summed E-state index contributed by atoms with van der Waals surface area (Å²) in [4.78, 5) is 4.09. The summed E-state index contributed by atoms with van der Waals surface area (Å²) in [5.41, 5.74) is 2.46. The van der Waals surface area contributed by atoms with Gasteiger partial charge in [0.2, 0.25) is 0 Å². The SMILES string of the molecule is Cc1nn(-c2ccc(Cl)cc2Cl)c(Nc2cccnc2)c1-c1ccc(F)cc1F. The van der Waals surface area contributed by atoms with Gasteiger partial charge in [-0.05, 0) is 49.4 Å². The minimum atomic E-state index is -0.691. The standard InChI is InChI=1S/C21H14Cl2F2N4/c1-12-20(16-6-5-14(24)10-18(16)25)21(27-15-3-2-8-26-11-15)29(28-12)19-7-4-13(22)9-17(19)23/h2-11,27H,1H3. The van der Waals surface area contributed by atoms with Gasteiger partial charge in [-0.2, -0.15) is 5.10 Å². The van der Waals surface area contributed by atoms with Gasteiger partial charge in [0.25, 0.3) is 0 Å². The van der Waals surface area contributed by atoms with Crippen LogP contribution in [0, 0.1) is 18.6 Å². The van der Waals surface area contributed by atoms with E-state index in [0.29, 0.717) is 38.5 Å². The minimum absolute atomic E-state index is 0.214. The van der Waals surface area contributed by atoms with Gasteiger partial charge >= 0.3 is 0 Å². The van der Waals surface area contributed by atoms with E-state index in [0.717, 1.165) is 6.07 Å². The molecule has 2 heterocycles. The van der Waals surface area contributed by atoms with Crippen molar-refractivity contribution in [2.24, 2.45) is 0 Å². The van der Waals surface area contributed by atoms with Crippen LogP contribution in [-0.2, 0) is 0 Å². The molecule has 1 N–H and O–H groups in total.